The maximum atomic E-state index is 5.70. The molecule has 0 aromatic carbocycles. The zero-order valence-corrected chi connectivity index (χ0v) is 10.7. The van der Waals surface area contributed by atoms with E-state index < -0.39 is 0 Å². The SMILES string of the molecule is Cn1nccc1CCNCCC1CCCCO1. The molecule has 1 aliphatic heterocycles. The second-order valence-electron chi connectivity index (χ2n) is 4.72. The molecule has 0 bridgehead atoms. The fourth-order valence-corrected chi connectivity index (χ4v) is 2.29. The van der Waals surface area contributed by atoms with E-state index >= 15 is 0 Å². The predicted octanol–water partition coefficient (Wildman–Crippen LogP) is 1.51. The van der Waals surface area contributed by atoms with Crippen LogP contribution in [-0.2, 0) is 18.2 Å². The van der Waals surface area contributed by atoms with Crippen molar-refractivity contribution in [3.8, 4) is 0 Å². The minimum absolute atomic E-state index is 0.493. The summed E-state index contributed by atoms with van der Waals surface area (Å²) < 4.78 is 7.63. The van der Waals surface area contributed by atoms with E-state index in [9.17, 15) is 0 Å². The molecule has 1 saturated heterocycles. The molecule has 1 aromatic heterocycles. The van der Waals surface area contributed by atoms with E-state index in [1.54, 1.807) is 0 Å². The fourth-order valence-electron chi connectivity index (χ4n) is 2.29. The normalized spacial score (nSPS) is 20.6. The summed E-state index contributed by atoms with van der Waals surface area (Å²) in [6, 6.07) is 2.08. The van der Waals surface area contributed by atoms with Gasteiger partial charge in [0.1, 0.15) is 0 Å². The van der Waals surface area contributed by atoms with Crippen LogP contribution in [-0.4, -0.2) is 35.6 Å². The summed E-state index contributed by atoms with van der Waals surface area (Å²) in [5.41, 5.74) is 1.28. The Morgan fingerprint density at radius 3 is 3.12 bits per heavy atom. The van der Waals surface area contributed by atoms with Gasteiger partial charge in [0.15, 0.2) is 0 Å². The van der Waals surface area contributed by atoms with Crippen LogP contribution in [0.5, 0.6) is 0 Å². The lowest BCUT2D eigenvalue weighted by Crippen LogP contribution is -2.26. The van der Waals surface area contributed by atoms with Crippen LogP contribution in [0, 0.1) is 0 Å². The van der Waals surface area contributed by atoms with E-state index in [1.807, 2.05) is 17.9 Å². The van der Waals surface area contributed by atoms with E-state index in [2.05, 4.69) is 16.5 Å². The Balaban J connectivity index is 1.53. The molecule has 0 amide bonds. The molecular weight excluding hydrogens is 214 g/mol. The van der Waals surface area contributed by atoms with Gasteiger partial charge in [0, 0.05) is 38.5 Å². The van der Waals surface area contributed by atoms with Crippen LogP contribution < -0.4 is 5.32 Å². The Hall–Kier alpha value is -0.870. The summed E-state index contributed by atoms with van der Waals surface area (Å²) in [5, 5.41) is 7.63. The number of hydrogen-bond acceptors (Lipinski definition) is 3. The minimum Gasteiger partial charge on any atom is -0.378 e. The zero-order chi connectivity index (χ0) is 11.9. The molecule has 1 aliphatic rings. The Morgan fingerprint density at radius 2 is 2.41 bits per heavy atom. The van der Waals surface area contributed by atoms with Crippen molar-refractivity contribution in [2.24, 2.45) is 7.05 Å². The van der Waals surface area contributed by atoms with Crippen molar-refractivity contribution >= 4 is 0 Å². The highest BCUT2D eigenvalue weighted by Gasteiger charge is 2.12. The van der Waals surface area contributed by atoms with Gasteiger partial charge in [-0.15, -0.1) is 0 Å². The quantitative estimate of drug-likeness (QED) is 0.762. The lowest BCUT2D eigenvalue weighted by atomic mass is 10.1. The molecule has 1 aromatic rings. The van der Waals surface area contributed by atoms with Gasteiger partial charge in [-0.25, -0.2) is 0 Å². The van der Waals surface area contributed by atoms with Crippen molar-refractivity contribution in [3.05, 3.63) is 18.0 Å². The number of ether oxygens (including phenoxy) is 1. The van der Waals surface area contributed by atoms with Crippen molar-refractivity contribution in [2.75, 3.05) is 19.7 Å². The minimum atomic E-state index is 0.493. The Kier molecular flexibility index (Phi) is 5.01. The first-order valence-electron chi connectivity index (χ1n) is 6.65. The van der Waals surface area contributed by atoms with Gasteiger partial charge < -0.3 is 10.1 Å². The summed E-state index contributed by atoms with van der Waals surface area (Å²) in [5.74, 6) is 0. The van der Waals surface area contributed by atoms with Crippen LogP contribution in [0.15, 0.2) is 12.3 Å². The largest absolute Gasteiger partial charge is 0.378 e. The lowest BCUT2D eigenvalue weighted by Gasteiger charge is -2.22. The van der Waals surface area contributed by atoms with Crippen LogP contribution in [0.2, 0.25) is 0 Å². The van der Waals surface area contributed by atoms with Gasteiger partial charge in [0.25, 0.3) is 0 Å². The molecule has 0 radical (unpaired) electrons. The maximum Gasteiger partial charge on any atom is 0.0587 e. The molecule has 1 unspecified atom stereocenters. The summed E-state index contributed by atoms with van der Waals surface area (Å²) in [6.07, 6.45) is 8.35. The number of aryl methyl sites for hydroxylation is 1. The van der Waals surface area contributed by atoms with Crippen molar-refractivity contribution in [1.82, 2.24) is 15.1 Å². The Morgan fingerprint density at radius 1 is 1.47 bits per heavy atom. The van der Waals surface area contributed by atoms with Gasteiger partial charge in [-0.3, -0.25) is 4.68 Å². The van der Waals surface area contributed by atoms with Crippen LogP contribution in [0.3, 0.4) is 0 Å². The van der Waals surface area contributed by atoms with E-state index in [1.165, 1.54) is 25.0 Å². The van der Waals surface area contributed by atoms with Crippen molar-refractivity contribution in [2.45, 2.75) is 38.2 Å². The summed E-state index contributed by atoms with van der Waals surface area (Å²) >= 11 is 0. The third kappa shape index (κ3) is 4.13. The topological polar surface area (TPSA) is 39.1 Å². The third-order valence-electron chi connectivity index (χ3n) is 3.40. The summed E-state index contributed by atoms with van der Waals surface area (Å²) in [4.78, 5) is 0. The van der Waals surface area contributed by atoms with E-state index in [4.69, 9.17) is 4.74 Å². The Bertz CT molecular complexity index is 318. The predicted molar refractivity (Wildman–Crippen MR) is 68.0 cm³/mol. The van der Waals surface area contributed by atoms with Gasteiger partial charge in [-0.05, 0) is 38.3 Å². The highest BCUT2D eigenvalue weighted by molar-refractivity contribution is 5.00. The lowest BCUT2D eigenvalue weighted by molar-refractivity contribution is 0.0116. The highest BCUT2D eigenvalue weighted by atomic mass is 16.5. The molecule has 4 heteroatoms. The highest BCUT2D eigenvalue weighted by Crippen LogP contribution is 2.14. The smallest absolute Gasteiger partial charge is 0.0587 e. The van der Waals surface area contributed by atoms with E-state index in [0.29, 0.717) is 6.10 Å². The number of nitrogens with zero attached hydrogens (tertiary/aromatic N) is 2. The van der Waals surface area contributed by atoms with Gasteiger partial charge in [-0.2, -0.15) is 5.10 Å². The monoisotopic (exact) mass is 237 g/mol. The van der Waals surface area contributed by atoms with E-state index in [-0.39, 0.29) is 0 Å². The number of aromatic nitrogens is 2. The summed E-state index contributed by atoms with van der Waals surface area (Å²) in [7, 11) is 1.99. The Labute approximate surface area is 103 Å². The number of nitrogens with one attached hydrogen (secondary N) is 1. The van der Waals surface area contributed by atoms with Crippen LogP contribution >= 0.6 is 0 Å². The van der Waals surface area contributed by atoms with Crippen molar-refractivity contribution in [3.63, 3.8) is 0 Å². The first kappa shape index (κ1) is 12.6. The van der Waals surface area contributed by atoms with Gasteiger partial charge in [-0.1, -0.05) is 0 Å². The molecule has 0 spiro atoms. The average Bonchev–Trinajstić information content (AvgIpc) is 2.76. The first-order valence-corrected chi connectivity index (χ1v) is 6.65. The molecule has 17 heavy (non-hydrogen) atoms. The molecule has 0 saturated carbocycles. The third-order valence-corrected chi connectivity index (χ3v) is 3.40. The fraction of sp³-hybridized carbons (Fsp3) is 0.769. The molecular formula is C13H23N3O. The summed E-state index contributed by atoms with van der Waals surface area (Å²) in [6.45, 7) is 3.04. The second-order valence-corrected chi connectivity index (χ2v) is 4.72. The maximum absolute atomic E-state index is 5.70. The van der Waals surface area contributed by atoms with Crippen LogP contribution in [0.1, 0.15) is 31.4 Å². The van der Waals surface area contributed by atoms with Gasteiger partial charge in [0.05, 0.1) is 6.10 Å². The molecule has 2 heterocycles. The molecule has 4 nitrogen and oxygen atoms in total. The standard InChI is InChI=1S/C13H23N3O/c1-16-12(6-10-15-16)5-8-14-9-7-13-4-2-3-11-17-13/h6,10,13-14H,2-5,7-9,11H2,1H3. The molecule has 2 rings (SSSR count). The number of hydrogen-bond donors (Lipinski definition) is 1. The van der Waals surface area contributed by atoms with Crippen LogP contribution in [0.25, 0.3) is 0 Å². The van der Waals surface area contributed by atoms with Crippen molar-refractivity contribution in [1.29, 1.82) is 0 Å². The molecule has 1 N–H and O–H groups in total. The van der Waals surface area contributed by atoms with Gasteiger partial charge in [0.2, 0.25) is 0 Å². The average molecular weight is 237 g/mol. The van der Waals surface area contributed by atoms with Gasteiger partial charge >= 0.3 is 0 Å². The zero-order valence-electron chi connectivity index (χ0n) is 10.7. The molecule has 0 aliphatic carbocycles. The molecule has 1 fully saturated rings. The molecule has 1 atom stereocenters. The first-order chi connectivity index (χ1) is 8.36. The second kappa shape index (κ2) is 6.77. The van der Waals surface area contributed by atoms with Crippen molar-refractivity contribution < 1.29 is 4.74 Å². The molecule has 96 valence electrons. The van der Waals surface area contributed by atoms with E-state index in [0.717, 1.165) is 32.5 Å². The number of rotatable bonds is 6. The van der Waals surface area contributed by atoms with Crippen LogP contribution in [0.4, 0.5) is 0 Å².